The highest BCUT2D eigenvalue weighted by Gasteiger charge is 2.29. The Morgan fingerprint density at radius 3 is 2.47 bits per heavy atom. The fraction of sp³-hybridized carbons (Fsp3) is 0.895. The summed E-state index contributed by atoms with van der Waals surface area (Å²) in [7, 11) is 0. The van der Waals surface area contributed by atoms with Crippen LogP contribution in [0, 0.1) is 29.1 Å². The maximum absolute atomic E-state index is 2.58. The molecule has 0 radical (unpaired) electrons. The molecule has 1 aliphatic rings. The summed E-state index contributed by atoms with van der Waals surface area (Å²) in [6.07, 6.45) is 13.4. The van der Waals surface area contributed by atoms with Crippen molar-refractivity contribution in [1.82, 2.24) is 0 Å². The van der Waals surface area contributed by atoms with Crippen molar-refractivity contribution in [3.05, 3.63) is 12.2 Å². The first-order valence-corrected chi connectivity index (χ1v) is 8.55. The van der Waals surface area contributed by atoms with Crippen LogP contribution in [0.2, 0.25) is 0 Å². The van der Waals surface area contributed by atoms with Gasteiger partial charge < -0.3 is 0 Å². The van der Waals surface area contributed by atoms with Crippen molar-refractivity contribution in [3.63, 3.8) is 0 Å². The molecule has 1 rings (SSSR count). The SMILES string of the molecule is CCCCC(C)(C)/C=C/[C@@H]1C[C@H](C)CC[C@H]1C(C)C. The number of unbranched alkanes of at least 4 members (excludes halogenated alkanes) is 1. The maximum Gasteiger partial charge on any atom is -0.0175 e. The Hall–Kier alpha value is -0.260. The van der Waals surface area contributed by atoms with E-state index in [4.69, 9.17) is 0 Å². The predicted molar refractivity (Wildman–Crippen MR) is 87.3 cm³/mol. The van der Waals surface area contributed by atoms with Crippen LogP contribution in [0.15, 0.2) is 12.2 Å². The molecule has 0 spiro atoms. The molecule has 1 aliphatic carbocycles. The van der Waals surface area contributed by atoms with Crippen molar-refractivity contribution in [2.45, 2.75) is 80.1 Å². The van der Waals surface area contributed by atoms with Crippen LogP contribution < -0.4 is 0 Å². The van der Waals surface area contributed by atoms with Crippen molar-refractivity contribution in [2.75, 3.05) is 0 Å². The van der Waals surface area contributed by atoms with E-state index in [0.29, 0.717) is 5.41 Å². The zero-order valence-electron chi connectivity index (χ0n) is 14.2. The molecule has 0 unspecified atom stereocenters. The fourth-order valence-electron chi connectivity index (χ4n) is 3.60. The van der Waals surface area contributed by atoms with E-state index in [1.807, 2.05) is 0 Å². The molecule has 0 amide bonds. The summed E-state index contributed by atoms with van der Waals surface area (Å²) in [6.45, 7) is 14.3. The third kappa shape index (κ3) is 5.71. The molecule has 1 fully saturated rings. The van der Waals surface area contributed by atoms with Gasteiger partial charge in [0.15, 0.2) is 0 Å². The van der Waals surface area contributed by atoms with Gasteiger partial charge in [0.05, 0.1) is 0 Å². The highest BCUT2D eigenvalue weighted by molar-refractivity contribution is 5.01. The minimum atomic E-state index is 0.387. The lowest BCUT2D eigenvalue weighted by Gasteiger charge is -2.36. The Bertz CT molecular complexity index is 272. The third-order valence-electron chi connectivity index (χ3n) is 5.04. The van der Waals surface area contributed by atoms with Gasteiger partial charge in [0.1, 0.15) is 0 Å². The van der Waals surface area contributed by atoms with E-state index in [1.165, 1.54) is 38.5 Å². The van der Waals surface area contributed by atoms with Gasteiger partial charge in [-0.25, -0.2) is 0 Å². The van der Waals surface area contributed by atoms with E-state index in [2.05, 4.69) is 53.7 Å². The summed E-state index contributed by atoms with van der Waals surface area (Å²) < 4.78 is 0. The van der Waals surface area contributed by atoms with Crippen LogP contribution in [-0.4, -0.2) is 0 Å². The summed E-state index contributed by atoms with van der Waals surface area (Å²) in [5.74, 6) is 3.49. The molecule has 0 aromatic carbocycles. The van der Waals surface area contributed by atoms with Gasteiger partial charge in [-0.1, -0.05) is 73.0 Å². The fourth-order valence-corrected chi connectivity index (χ4v) is 3.60. The number of rotatable bonds is 6. The minimum absolute atomic E-state index is 0.387. The number of hydrogen-bond acceptors (Lipinski definition) is 0. The molecule has 0 bridgehead atoms. The summed E-state index contributed by atoms with van der Waals surface area (Å²) in [6, 6.07) is 0. The molecule has 0 saturated heterocycles. The topological polar surface area (TPSA) is 0 Å². The van der Waals surface area contributed by atoms with Crippen LogP contribution in [0.3, 0.4) is 0 Å². The molecule has 112 valence electrons. The monoisotopic (exact) mass is 264 g/mol. The van der Waals surface area contributed by atoms with E-state index in [0.717, 1.165) is 23.7 Å². The zero-order valence-corrected chi connectivity index (χ0v) is 14.2. The van der Waals surface area contributed by atoms with Gasteiger partial charge in [-0.3, -0.25) is 0 Å². The van der Waals surface area contributed by atoms with Gasteiger partial charge in [-0.15, -0.1) is 0 Å². The Balaban J connectivity index is 2.64. The second-order valence-electron chi connectivity index (χ2n) is 7.94. The first-order valence-electron chi connectivity index (χ1n) is 8.55. The van der Waals surface area contributed by atoms with E-state index < -0.39 is 0 Å². The van der Waals surface area contributed by atoms with Crippen LogP contribution in [0.1, 0.15) is 80.1 Å². The second-order valence-corrected chi connectivity index (χ2v) is 7.94. The normalized spacial score (nSPS) is 29.3. The molecule has 0 N–H and O–H groups in total. The molecule has 0 nitrogen and oxygen atoms in total. The molecule has 0 aliphatic heterocycles. The van der Waals surface area contributed by atoms with Gasteiger partial charge in [0.25, 0.3) is 0 Å². The lowest BCUT2D eigenvalue weighted by molar-refractivity contribution is 0.177. The van der Waals surface area contributed by atoms with Gasteiger partial charge in [0, 0.05) is 0 Å². The quantitative estimate of drug-likeness (QED) is 0.482. The molecule has 19 heavy (non-hydrogen) atoms. The molecule has 3 atom stereocenters. The molecule has 1 saturated carbocycles. The van der Waals surface area contributed by atoms with Crippen molar-refractivity contribution in [2.24, 2.45) is 29.1 Å². The highest BCUT2D eigenvalue weighted by Crippen LogP contribution is 2.39. The van der Waals surface area contributed by atoms with Crippen LogP contribution in [0.4, 0.5) is 0 Å². The Morgan fingerprint density at radius 1 is 1.21 bits per heavy atom. The molecule has 0 heteroatoms. The second kappa shape index (κ2) is 7.50. The minimum Gasteiger partial charge on any atom is -0.0846 e. The average Bonchev–Trinajstić information content (AvgIpc) is 2.34. The van der Waals surface area contributed by atoms with Crippen LogP contribution in [0.5, 0.6) is 0 Å². The Morgan fingerprint density at radius 2 is 1.89 bits per heavy atom. The smallest absolute Gasteiger partial charge is 0.0175 e. The Kier molecular flexibility index (Phi) is 6.63. The lowest BCUT2D eigenvalue weighted by Crippen LogP contribution is -2.26. The predicted octanol–water partition coefficient (Wildman–Crippen LogP) is 6.47. The molecule has 0 aromatic heterocycles. The summed E-state index contributed by atoms with van der Waals surface area (Å²) >= 11 is 0. The van der Waals surface area contributed by atoms with Crippen LogP contribution in [0.25, 0.3) is 0 Å². The van der Waals surface area contributed by atoms with Crippen LogP contribution in [-0.2, 0) is 0 Å². The largest absolute Gasteiger partial charge is 0.0846 e. The van der Waals surface area contributed by atoms with Gasteiger partial charge in [0.2, 0.25) is 0 Å². The molecular weight excluding hydrogens is 228 g/mol. The van der Waals surface area contributed by atoms with E-state index in [9.17, 15) is 0 Å². The number of hydrogen-bond donors (Lipinski definition) is 0. The van der Waals surface area contributed by atoms with Gasteiger partial charge in [-0.2, -0.15) is 0 Å². The summed E-state index contributed by atoms with van der Waals surface area (Å²) in [5.41, 5.74) is 0.387. The highest BCUT2D eigenvalue weighted by atomic mass is 14.3. The van der Waals surface area contributed by atoms with Crippen molar-refractivity contribution in [3.8, 4) is 0 Å². The molecule has 0 aromatic rings. The zero-order chi connectivity index (χ0) is 14.5. The average molecular weight is 264 g/mol. The van der Waals surface area contributed by atoms with Gasteiger partial charge in [-0.05, 0) is 48.3 Å². The van der Waals surface area contributed by atoms with Crippen molar-refractivity contribution < 1.29 is 0 Å². The van der Waals surface area contributed by atoms with E-state index in [-0.39, 0.29) is 0 Å². The third-order valence-corrected chi connectivity index (χ3v) is 5.04. The summed E-state index contributed by atoms with van der Waals surface area (Å²) in [5, 5.41) is 0. The van der Waals surface area contributed by atoms with Crippen molar-refractivity contribution in [1.29, 1.82) is 0 Å². The standard InChI is InChI=1S/C19H36/c1-7-8-12-19(5,6)13-11-17-14-16(4)9-10-18(17)15(2)3/h11,13,15-18H,7-10,12,14H2,1-6H3/b13-11+/t16-,17-,18+/m1/s1. The molecular formula is C19H36. The lowest BCUT2D eigenvalue weighted by atomic mass is 9.69. The first kappa shape index (κ1) is 16.8. The molecule has 0 heterocycles. The van der Waals surface area contributed by atoms with Crippen LogP contribution >= 0.6 is 0 Å². The first-order chi connectivity index (χ1) is 8.85. The van der Waals surface area contributed by atoms with E-state index >= 15 is 0 Å². The number of allylic oxidation sites excluding steroid dienone is 2. The van der Waals surface area contributed by atoms with E-state index in [1.54, 1.807) is 0 Å². The summed E-state index contributed by atoms with van der Waals surface area (Å²) in [4.78, 5) is 0. The van der Waals surface area contributed by atoms with Gasteiger partial charge >= 0.3 is 0 Å². The maximum atomic E-state index is 2.58. The van der Waals surface area contributed by atoms with Crippen molar-refractivity contribution >= 4 is 0 Å². The Labute approximate surface area is 122 Å².